The standard InChI is InChI=1S/C28H35N3O8/c1-11(30-39-7)13-10-16(27(2,3)4)21(32)18-14(13)8-12-9-15-20(31(5)6)23(34)19(26(29)37)25(36)28(15,38)24(35)17(12)22(18)33/h10,12,15,20,32,34-35,38H,8-9H2,1-7H3,(H2,29,37)/b30-11-/t12-,15-,20-,28-/m0/s1. The van der Waals surface area contributed by atoms with Crippen LogP contribution in [-0.2, 0) is 26.3 Å². The Morgan fingerprint density at radius 1 is 1.21 bits per heavy atom. The number of carbonyl (C=O) groups is 3. The van der Waals surface area contributed by atoms with E-state index in [0.29, 0.717) is 22.4 Å². The average molecular weight is 542 g/mol. The summed E-state index contributed by atoms with van der Waals surface area (Å²) in [5.41, 5.74) is 3.04. The van der Waals surface area contributed by atoms with E-state index < -0.39 is 63.5 Å². The second-order valence-corrected chi connectivity index (χ2v) is 11.7. The van der Waals surface area contributed by atoms with Gasteiger partial charge in [0.25, 0.3) is 5.91 Å². The summed E-state index contributed by atoms with van der Waals surface area (Å²) >= 11 is 0. The largest absolute Gasteiger partial charge is 0.510 e. The molecule has 1 aromatic carbocycles. The molecule has 1 amide bonds. The summed E-state index contributed by atoms with van der Waals surface area (Å²) in [5.74, 6) is -6.81. The number of aromatic hydroxyl groups is 1. The lowest BCUT2D eigenvalue weighted by atomic mass is 9.58. The lowest BCUT2D eigenvalue weighted by Gasteiger charge is -2.50. The van der Waals surface area contributed by atoms with Gasteiger partial charge in [0.05, 0.1) is 17.3 Å². The van der Waals surface area contributed by atoms with E-state index in [0.717, 1.165) is 0 Å². The molecule has 3 aliphatic rings. The molecule has 0 fully saturated rings. The first kappa shape index (κ1) is 28.3. The highest BCUT2D eigenvalue weighted by Gasteiger charge is 2.63. The maximum absolute atomic E-state index is 14.1. The minimum atomic E-state index is -2.68. The van der Waals surface area contributed by atoms with E-state index in [1.165, 1.54) is 12.0 Å². The maximum Gasteiger partial charge on any atom is 0.255 e. The van der Waals surface area contributed by atoms with Crippen molar-refractivity contribution < 1.29 is 39.6 Å². The Balaban J connectivity index is 2.03. The number of phenols is 1. The Labute approximate surface area is 226 Å². The number of fused-ring (bicyclic) bond motifs is 3. The highest BCUT2D eigenvalue weighted by atomic mass is 16.6. The van der Waals surface area contributed by atoms with Crippen molar-refractivity contribution in [3.8, 4) is 5.75 Å². The molecule has 1 aromatic rings. The fourth-order valence-corrected chi connectivity index (χ4v) is 6.40. The van der Waals surface area contributed by atoms with E-state index in [9.17, 15) is 34.8 Å². The minimum absolute atomic E-state index is 0.00740. The number of nitrogens with two attached hydrogens (primary N) is 1. The third-order valence-electron chi connectivity index (χ3n) is 8.15. The summed E-state index contributed by atoms with van der Waals surface area (Å²) in [6.45, 7) is 7.32. The van der Waals surface area contributed by atoms with Gasteiger partial charge in [-0.05, 0) is 56.8 Å². The van der Waals surface area contributed by atoms with Crippen LogP contribution in [-0.4, -0.2) is 81.4 Å². The van der Waals surface area contributed by atoms with Crippen molar-refractivity contribution >= 4 is 23.2 Å². The molecule has 0 unspecified atom stereocenters. The van der Waals surface area contributed by atoms with Crippen molar-refractivity contribution in [2.45, 2.75) is 57.6 Å². The van der Waals surface area contributed by atoms with E-state index in [-0.39, 0.29) is 29.7 Å². The number of Topliss-reactive ketones (excluding diaryl/α,β-unsaturated/α-hetero) is 2. The minimum Gasteiger partial charge on any atom is -0.510 e. The third kappa shape index (κ3) is 3.94. The van der Waals surface area contributed by atoms with Gasteiger partial charge in [-0.3, -0.25) is 19.3 Å². The first-order chi connectivity index (χ1) is 18.0. The first-order valence-corrected chi connectivity index (χ1v) is 12.6. The molecule has 0 saturated carbocycles. The SMILES string of the molecule is CO/N=C(/C)c1cc(C(C)(C)C)c(O)c2c1C[C@H]1C[C@H]3[C@H](N(C)C)C(O)=C(C(N)=O)C(=O)[C@@]3(O)C(O)=C1C2=O. The second kappa shape index (κ2) is 9.20. The molecule has 0 radical (unpaired) electrons. The number of rotatable bonds is 4. The molecule has 0 bridgehead atoms. The smallest absolute Gasteiger partial charge is 0.255 e. The zero-order valence-electron chi connectivity index (χ0n) is 23.1. The van der Waals surface area contributed by atoms with Crippen LogP contribution in [0, 0.1) is 11.8 Å². The van der Waals surface area contributed by atoms with E-state index in [4.69, 9.17) is 10.6 Å². The van der Waals surface area contributed by atoms with Gasteiger partial charge in [0.15, 0.2) is 11.4 Å². The van der Waals surface area contributed by atoms with Gasteiger partial charge < -0.3 is 31.0 Å². The molecule has 0 aliphatic heterocycles. The van der Waals surface area contributed by atoms with E-state index >= 15 is 0 Å². The van der Waals surface area contributed by atoms with Crippen LogP contribution in [0.5, 0.6) is 5.75 Å². The number of hydrogen-bond acceptors (Lipinski definition) is 10. The number of benzene rings is 1. The average Bonchev–Trinajstić information content (AvgIpc) is 2.80. The molecular formula is C28H35N3O8. The molecule has 6 N–H and O–H groups in total. The molecule has 3 aliphatic carbocycles. The number of primary amides is 1. The Bertz CT molecular complexity index is 1400. The van der Waals surface area contributed by atoms with Gasteiger partial charge in [0.1, 0.15) is 30.0 Å². The number of hydrogen-bond donors (Lipinski definition) is 5. The molecule has 0 saturated heterocycles. The molecule has 0 aromatic heterocycles. The number of oxime groups is 1. The van der Waals surface area contributed by atoms with Crippen molar-refractivity contribution in [2.24, 2.45) is 22.7 Å². The number of aliphatic hydroxyl groups excluding tert-OH is 2. The second-order valence-electron chi connectivity index (χ2n) is 11.7. The number of carbonyl (C=O) groups excluding carboxylic acids is 3. The van der Waals surface area contributed by atoms with E-state index in [1.54, 1.807) is 27.1 Å². The Morgan fingerprint density at radius 2 is 1.82 bits per heavy atom. The van der Waals surface area contributed by atoms with Crippen LogP contribution in [0.4, 0.5) is 0 Å². The Hall–Kier alpha value is -3.70. The van der Waals surface area contributed by atoms with Crippen molar-refractivity contribution in [2.75, 3.05) is 21.2 Å². The molecule has 0 spiro atoms. The molecule has 4 rings (SSSR count). The molecular weight excluding hydrogens is 506 g/mol. The summed E-state index contributed by atoms with van der Waals surface area (Å²) in [5, 5.41) is 49.5. The van der Waals surface area contributed by atoms with Gasteiger partial charge in [-0.15, -0.1) is 0 Å². The normalized spacial score (nSPS) is 27.4. The first-order valence-electron chi connectivity index (χ1n) is 12.6. The Kier molecular flexibility index (Phi) is 6.68. The number of aliphatic hydroxyl groups is 3. The van der Waals surface area contributed by atoms with Gasteiger partial charge in [-0.25, -0.2) is 0 Å². The molecule has 11 heteroatoms. The quantitative estimate of drug-likeness (QED) is 0.215. The summed E-state index contributed by atoms with van der Waals surface area (Å²) in [4.78, 5) is 46.1. The molecule has 11 nitrogen and oxygen atoms in total. The third-order valence-corrected chi connectivity index (χ3v) is 8.15. The van der Waals surface area contributed by atoms with Crippen LogP contribution in [0.1, 0.15) is 61.2 Å². The van der Waals surface area contributed by atoms with Gasteiger partial charge in [-0.1, -0.05) is 25.9 Å². The Morgan fingerprint density at radius 3 is 2.33 bits per heavy atom. The zero-order valence-corrected chi connectivity index (χ0v) is 23.1. The zero-order chi connectivity index (χ0) is 29.4. The summed E-state index contributed by atoms with van der Waals surface area (Å²) < 4.78 is 0. The lowest BCUT2D eigenvalue weighted by Crippen LogP contribution is -2.63. The monoisotopic (exact) mass is 541 g/mol. The number of nitrogens with zero attached hydrogens (tertiary/aromatic N) is 2. The van der Waals surface area contributed by atoms with Crippen LogP contribution >= 0.6 is 0 Å². The number of amides is 1. The number of phenolic OH excluding ortho intramolecular Hbond substituents is 1. The fourth-order valence-electron chi connectivity index (χ4n) is 6.40. The van der Waals surface area contributed by atoms with Gasteiger partial charge in [-0.2, -0.15) is 0 Å². The molecule has 4 atom stereocenters. The van der Waals surface area contributed by atoms with Crippen molar-refractivity contribution in [1.82, 2.24) is 4.90 Å². The highest BCUT2D eigenvalue weighted by molar-refractivity contribution is 6.25. The molecule has 39 heavy (non-hydrogen) atoms. The summed E-state index contributed by atoms with van der Waals surface area (Å²) in [7, 11) is 4.57. The van der Waals surface area contributed by atoms with Crippen molar-refractivity contribution in [1.29, 1.82) is 0 Å². The lowest BCUT2D eigenvalue weighted by molar-refractivity contribution is -0.148. The number of allylic oxidation sites excluding steroid dienone is 1. The van der Waals surface area contributed by atoms with Gasteiger partial charge >= 0.3 is 0 Å². The maximum atomic E-state index is 14.1. The van der Waals surface area contributed by atoms with Crippen molar-refractivity contribution in [3.05, 3.63) is 51.0 Å². The molecule has 210 valence electrons. The van der Waals surface area contributed by atoms with Crippen LogP contribution in [0.3, 0.4) is 0 Å². The predicted molar refractivity (Wildman–Crippen MR) is 142 cm³/mol. The van der Waals surface area contributed by atoms with Crippen LogP contribution in [0.2, 0.25) is 0 Å². The highest BCUT2D eigenvalue weighted by Crippen LogP contribution is 2.53. The topological polar surface area (TPSA) is 183 Å². The van der Waals surface area contributed by atoms with Crippen LogP contribution in [0.15, 0.2) is 33.9 Å². The summed E-state index contributed by atoms with van der Waals surface area (Å²) in [6.07, 6.45) is 0.173. The van der Waals surface area contributed by atoms with Gasteiger partial charge in [0.2, 0.25) is 5.78 Å². The van der Waals surface area contributed by atoms with Crippen molar-refractivity contribution in [3.63, 3.8) is 0 Å². The van der Waals surface area contributed by atoms with E-state index in [1.807, 2.05) is 20.8 Å². The number of ketones is 2. The fraction of sp³-hybridized carbons (Fsp3) is 0.500. The van der Waals surface area contributed by atoms with Gasteiger partial charge in [0, 0.05) is 22.6 Å². The molecule has 0 heterocycles. The van der Waals surface area contributed by atoms with Crippen LogP contribution in [0.25, 0.3) is 0 Å². The van der Waals surface area contributed by atoms with Crippen LogP contribution < -0.4 is 5.73 Å². The predicted octanol–water partition coefficient (Wildman–Crippen LogP) is 1.79. The van der Waals surface area contributed by atoms with E-state index in [2.05, 4.69) is 5.16 Å². The summed E-state index contributed by atoms with van der Waals surface area (Å²) in [6, 6.07) is 0.719. The number of likely N-dealkylation sites (N-methyl/N-ethyl adjacent to an activating group) is 1.